The minimum absolute atomic E-state index is 0.356. The highest BCUT2D eigenvalue weighted by molar-refractivity contribution is 5.85. The SMILES string of the molecule is C[C@@H]1c2ccccc2-c2ccccc2[C@@H]1c1ccc2cc(C[C@H]3Cc4ccccc4-c4ccccc43)ccc2c1. The second kappa shape index (κ2) is 9.35. The van der Waals surface area contributed by atoms with Crippen molar-refractivity contribution >= 4 is 10.8 Å². The Morgan fingerprint density at radius 3 is 1.90 bits per heavy atom. The van der Waals surface area contributed by atoms with Gasteiger partial charge in [-0.2, -0.15) is 0 Å². The van der Waals surface area contributed by atoms with Crippen LogP contribution in [0, 0.1) is 0 Å². The molecule has 0 unspecified atom stereocenters. The Morgan fingerprint density at radius 2 is 1.10 bits per heavy atom. The second-order valence-electron chi connectivity index (χ2n) is 11.7. The molecule has 192 valence electrons. The van der Waals surface area contributed by atoms with E-state index in [-0.39, 0.29) is 0 Å². The molecule has 0 N–H and O–H groups in total. The first-order valence-electron chi connectivity index (χ1n) is 14.6. The van der Waals surface area contributed by atoms with Crippen LogP contribution < -0.4 is 0 Å². The Morgan fingerprint density at radius 1 is 0.525 bits per heavy atom. The van der Waals surface area contributed by atoms with Gasteiger partial charge in [0.1, 0.15) is 0 Å². The number of benzene rings is 6. The molecule has 2 aliphatic carbocycles. The molecule has 0 nitrogen and oxygen atoms in total. The summed E-state index contributed by atoms with van der Waals surface area (Å²) in [5.41, 5.74) is 14.3. The Hall–Kier alpha value is -4.42. The van der Waals surface area contributed by atoms with Gasteiger partial charge in [-0.25, -0.2) is 0 Å². The topological polar surface area (TPSA) is 0 Å². The van der Waals surface area contributed by atoms with Crippen molar-refractivity contribution < 1.29 is 0 Å². The van der Waals surface area contributed by atoms with Gasteiger partial charge in [0.25, 0.3) is 0 Å². The Bertz CT molecular complexity index is 1890. The van der Waals surface area contributed by atoms with Crippen molar-refractivity contribution in [3.05, 3.63) is 167 Å². The highest BCUT2D eigenvalue weighted by Crippen LogP contribution is 2.50. The molecule has 0 heterocycles. The molecule has 40 heavy (non-hydrogen) atoms. The summed E-state index contributed by atoms with van der Waals surface area (Å²) in [6, 6.07) is 50.2. The van der Waals surface area contributed by atoms with Crippen molar-refractivity contribution in [2.75, 3.05) is 0 Å². The van der Waals surface area contributed by atoms with E-state index in [2.05, 4.69) is 140 Å². The van der Waals surface area contributed by atoms with Crippen LogP contribution in [0.5, 0.6) is 0 Å². The van der Waals surface area contributed by atoms with Crippen LogP contribution in [0.25, 0.3) is 33.0 Å². The van der Waals surface area contributed by atoms with Crippen LogP contribution in [0.3, 0.4) is 0 Å². The summed E-state index contributed by atoms with van der Waals surface area (Å²) in [5, 5.41) is 2.67. The Balaban J connectivity index is 1.14. The monoisotopic (exact) mass is 512 g/mol. The maximum Gasteiger partial charge on any atom is 0.0162 e. The lowest BCUT2D eigenvalue weighted by Crippen LogP contribution is -2.16. The molecule has 8 rings (SSSR count). The molecule has 0 radical (unpaired) electrons. The summed E-state index contributed by atoms with van der Waals surface area (Å²) in [6.45, 7) is 2.40. The molecule has 2 aliphatic rings. The van der Waals surface area contributed by atoms with Gasteiger partial charge in [0.15, 0.2) is 0 Å². The maximum atomic E-state index is 2.44. The van der Waals surface area contributed by atoms with E-state index in [1.54, 1.807) is 0 Å². The van der Waals surface area contributed by atoms with Gasteiger partial charge in [0, 0.05) is 5.92 Å². The van der Waals surface area contributed by atoms with Gasteiger partial charge in [-0.1, -0.05) is 140 Å². The van der Waals surface area contributed by atoms with Gasteiger partial charge in [0.2, 0.25) is 0 Å². The third-order valence-corrected chi connectivity index (χ3v) is 9.48. The standard InChI is InChI=1S/C40H32/c1-26-33-11-4-6-14-36(33)38-16-8-9-17-39(38)40(26)31-21-20-28-22-27(18-19-29(28)24-31)23-32-25-30-10-2-3-12-34(30)37-15-7-5-13-35(32)37/h2-22,24,26,32,40H,23,25H2,1H3/t26-,32+,40+/m1/s1. The quantitative estimate of drug-likeness (QED) is 0.221. The van der Waals surface area contributed by atoms with Crippen LogP contribution in [-0.2, 0) is 12.8 Å². The van der Waals surface area contributed by atoms with Crippen molar-refractivity contribution in [3.63, 3.8) is 0 Å². The van der Waals surface area contributed by atoms with E-state index < -0.39 is 0 Å². The van der Waals surface area contributed by atoms with E-state index in [1.807, 2.05) is 0 Å². The molecule has 0 saturated carbocycles. The summed E-state index contributed by atoms with van der Waals surface area (Å²) in [7, 11) is 0. The van der Waals surface area contributed by atoms with Crippen molar-refractivity contribution in [2.24, 2.45) is 0 Å². The van der Waals surface area contributed by atoms with Crippen molar-refractivity contribution in [1.29, 1.82) is 0 Å². The van der Waals surface area contributed by atoms with Crippen LogP contribution >= 0.6 is 0 Å². The molecule has 0 amide bonds. The van der Waals surface area contributed by atoms with Crippen molar-refractivity contribution in [1.82, 2.24) is 0 Å². The summed E-state index contributed by atoms with van der Waals surface area (Å²) in [4.78, 5) is 0. The van der Waals surface area contributed by atoms with Gasteiger partial charge < -0.3 is 0 Å². The highest BCUT2D eigenvalue weighted by Gasteiger charge is 2.31. The van der Waals surface area contributed by atoms with Crippen LogP contribution in [0.2, 0.25) is 0 Å². The van der Waals surface area contributed by atoms with E-state index in [4.69, 9.17) is 0 Å². The largest absolute Gasteiger partial charge is 0.0620 e. The third kappa shape index (κ3) is 3.74. The van der Waals surface area contributed by atoms with E-state index in [0.29, 0.717) is 17.8 Å². The zero-order valence-electron chi connectivity index (χ0n) is 22.8. The molecule has 0 spiro atoms. The lowest BCUT2D eigenvalue weighted by Gasteiger charge is -2.34. The lowest BCUT2D eigenvalue weighted by molar-refractivity contribution is 0.650. The van der Waals surface area contributed by atoms with E-state index in [1.165, 1.54) is 66.4 Å². The zero-order chi connectivity index (χ0) is 26.6. The first kappa shape index (κ1) is 23.5. The van der Waals surface area contributed by atoms with Crippen molar-refractivity contribution in [2.45, 2.75) is 37.5 Å². The van der Waals surface area contributed by atoms with Crippen molar-refractivity contribution in [3.8, 4) is 22.3 Å². The van der Waals surface area contributed by atoms with Crippen LogP contribution in [0.4, 0.5) is 0 Å². The molecular weight excluding hydrogens is 480 g/mol. The maximum absolute atomic E-state index is 2.44. The molecule has 6 aromatic rings. The average molecular weight is 513 g/mol. The highest BCUT2D eigenvalue weighted by atomic mass is 14.3. The molecular formula is C40H32. The van der Waals surface area contributed by atoms with E-state index in [0.717, 1.165) is 12.8 Å². The molecule has 3 atom stereocenters. The third-order valence-electron chi connectivity index (χ3n) is 9.48. The van der Waals surface area contributed by atoms with Crippen LogP contribution in [0.15, 0.2) is 133 Å². The molecule has 0 aliphatic heterocycles. The fourth-order valence-electron chi connectivity index (χ4n) is 7.61. The fourth-order valence-corrected chi connectivity index (χ4v) is 7.61. The summed E-state index contributed by atoms with van der Waals surface area (Å²) >= 11 is 0. The van der Waals surface area contributed by atoms with Gasteiger partial charge in [-0.3, -0.25) is 0 Å². The molecule has 0 fully saturated rings. The molecule has 0 heteroatoms. The minimum atomic E-state index is 0.356. The molecule has 0 aromatic heterocycles. The Kier molecular flexibility index (Phi) is 5.48. The molecule has 6 aromatic carbocycles. The number of hydrogen-bond acceptors (Lipinski definition) is 0. The first-order chi connectivity index (χ1) is 19.7. The van der Waals surface area contributed by atoms with Crippen LogP contribution in [-0.4, -0.2) is 0 Å². The van der Waals surface area contributed by atoms with Crippen LogP contribution in [0.1, 0.15) is 58.1 Å². The van der Waals surface area contributed by atoms with Gasteiger partial charge >= 0.3 is 0 Å². The van der Waals surface area contributed by atoms with E-state index >= 15 is 0 Å². The normalized spacial score (nSPS) is 18.9. The van der Waals surface area contributed by atoms with Gasteiger partial charge in [-0.05, 0) is 91.1 Å². The summed E-state index contributed by atoms with van der Waals surface area (Å²) < 4.78 is 0. The van der Waals surface area contributed by atoms with Gasteiger partial charge in [-0.15, -0.1) is 0 Å². The number of hydrogen-bond donors (Lipinski definition) is 0. The predicted octanol–water partition coefficient (Wildman–Crippen LogP) is 10.3. The smallest absolute Gasteiger partial charge is 0.0162 e. The number of rotatable bonds is 3. The lowest BCUT2D eigenvalue weighted by atomic mass is 9.69. The minimum Gasteiger partial charge on any atom is -0.0620 e. The zero-order valence-corrected chi connectivity index (χ0v) is 22.8. The first-order valence-corrected chi connectivity index (χ1v) is 14.6. The predicted molar refractivity (Wildman–Crippen MR) is 168 cm³/mol. The second-order valence-corrected chi connectivity index (χ2v) is 11.7. The summed E-state index contributed by atoms with van der Waals surface area (Å²) in [5.74, 6) is 1.29. The molecule has 0 saturated heterocycles. The number of fused-ring (bicyclic) bond motifs is 7. The fraction of sp³-hybridized carbons (Fsp3) is 0.150. The average Bonchev–Trinajstić information content (AvgIpc) is 3.01. The Labute approximate surface area is 237 Å². The van der Waals surface area contributed by atoms with E-state index in [9.17, 15) is 0 Å². The molecule has 0 bridgehead atoms. The summed E-state index contributed by atoms with van der Waals surface area (Å²) in [6.07, 6.45) is 2.16. The van der Waals surface area contributed by atoms with Gasteiger partial charge in [0.05, 0.1) is 0 Å².